The third kappa shape index (κ3) is 5.92. The van der Waals surface area contributed by atoms with Crippen molar-refractivity contribution >= 4 is 49.3 Å². The highest BCUT2D eigenvalue weighted by Crippen LogP contribution is 2.41. The largest absolute Gasteiger partial charge is 0.309 e. The zero-order chi connectivity index (χ0) is 41.9. The first-order valence-electron chi connectivity index (χ1n) is 20.4. The minimum absolute atomic E-state index is 0.426. The van der Waals surface area contributed by atoms with E-state index in [1.165, 1.54) is 11.1 Å². The van der Waals surface area contributed by atoms with Crippen molar-refractivity contribution in [2.75, 3.05) is 0 Å². The van der Waals surface area contributed by atoms with Gasteiger partial charge in [-0.2, -0.15) is 5.26 Å². The zero-order valence-electron chi connectivity index (χ0n) is 33.9. The number of hydrogen-bond acceptors (Lipinski definition) is 4. The second-order valence-electron chi connectivity index (χ2n) is 15.6. The Morgan fingerprint density at radius 3 is 1.58 bits per heavy atom. The number of nitrogens with zero attached hydrogens (tertiary/aromatic N) is 7. The van der Waals surface area contributed by atoms with Crippen LogP contribution in [0.1, 0.15) is 16.7 Å². The van der Waals surface area contributed by atoms with Crippen molar-refractivity contribution in [2.45, 2.75) is 13.8 Å². The molecule has 0 fully saturated rings. The van der Waals surface area contributed by atoms with Crippen LogP contribution in [0, 0.1) is 31.8 Å². The molecular formula is C55H35N7. The number of rotatable bonds is 6. The van der Waals surface area contributed by atoms with Gasteiger partial charge in [0.2, 0.25) is 0 Å². The summed E-state index contributed by atoms with van der Waals surface area (Å²) in [5.74, 6) is 1.37. The lowest BCUT2D eigenvalue weighted by atomic mass is 9.99. The third-order valence-corrected chi connectivity index (χ3v) is 11.7. The average Bonchev–Trinajstić information content (AvgIpc) is 3.83. The topological polar surface area (TPSA) is 76.7 Å². The fourth-order valence-electron chi connectivity index (χ4n) is 8.90. The van der Waals surface area contributed by atoms with Crippen LogP contribution in [0.2, 0.25) is 0 Å². The summed E-state index contributed by atoms with van der Waals surface area (Å²) in [5.41, 5.74) is 13.2. The maximum absolute atomic E-state index is 10.3. The summed E-state index contributed by atoms with van der Waals surface area (Å²) in [6.45, 7) is 12.3. The van der Waals surface area contributed by atoms with Gasteiger partial charge in [0.05, 0.1) is 51.6 Å². The summed E-state index contributed by atoms with van der Waals surface area (Å²) >= 11 is 0. The first-order valence-corrected chi connectivity index (χ1v) is 20.4. The van der Waals surface area contributed by atoms with Crippen LogP contribution in [0.25, 0.3) is 105 Å². The lowest BCUT2D eigenvalue weighted by molar-refractivity contribution is 1.06. The van der Waals surface area contributed by atoms with Crippen LogP contribution in [0.5, 0.6) is 0 Å². The molecule has 0 unspecified atom stereocenters. The Hall–Kier alpha value is -8.65. The summed E-state index contributed by atoms with van der Waals surface area (Å²) in [6.07, 6.45) is 0. The van der Waals surface area contributed by atoms with E-state index in [0.717, 1.165) is 77.2 Å². The fourth-order valence-corrected chi connectivity index (χ4v) is 8.90. The van der Waals surface area contributed by atoms with Crippen LogP contribution in [-0.2, 0) is 0 Å². The molecule has 62 heavy (non-hydrogen) atoms. The highest BCUT2D eigenvalue weighted by molar-refractivity contribution is 6.11. The minimum Gasteiger partial charge on any atom is -0.309 e. The van der Waals surface area contributed by atoms with E-state index >= 15 is 0 Å². The van der Waals surface area contributed by atoms with Crippen LogP contribution < -0.4 is 0 Å². The molecule has 7 heteroatoms. The highest BCUT2D eigenvalue weighted by Gasteiger charge is 2.23. The van der Waals surface area contributed by atoms with E-state index in [1.807, 2.05) is 72.8 Å². The Labute approximate surface area is 357 Å². The molecule has 0 atom stereocenters. The van der Waals surface area contributed by atoms with Crippen molar-refractivity contribution < 1.29 is 0 Å². The maximum Gasteiger partial charge on any atom is 0.194 e. The molecule has 0 spiro atoms. The first kappa shape index (κ1) is 36.4. The van der Waals surface area contributed by atoms with Crippen LogP contribution in [0.3, 0.4) is 0 Å². The number of aryl methyl sites for hydroxylation is 2. The van der Waals surface area contributed by atoms with Gasteiger partial charge in [-0.25, -0.2) is 19.8 Å². The number of para-hydroxylation sites is 3. The van der Waals surface area contributed by atoms with Crippen molar-refractivity contribution in [2.24, 2.45) is 0 Å². The summed E-state index contributed by atoms with van der Waals surface area (Å²) in [6, 6.07) is 62.0. The minimum atomic E-state index is 0.426. The van der Waals surface area contributed by atoms with Crippen molar-refractivity contribution in [1.82, 2.24) is 24.1 Å². The monoisotopic (exact) mass is 793 g/mol. The smallest absolute Gasteiger partial charge is 0.194 e. The molecule has 0 aliphatic heterocycles. The van der Waals surface area contributed by atoms with Crippen molar-refractivity contribution in [3.63, 3.8) is 0 Å². The predicted molar refractivity (Wildman–Crippen MR) is 251 cm³/mol. The van der Waals surface area contributed by atoms with Gasteiger partial charge in [-0.05, 0) is 91.7 Å². The van der Waals surface area contributed by atoms with Gasteiger partial charge in [0.15, 0.2) is 23.2 Å². The van der Waals surface area contributed by atoms with Crippen molar-refractivity contribution in [3.8, 4) is 62.7 Å². The molecule has 3 heterocycles. The SMILES string of the molecule is [C-]#[N+]c1ccccc1-c1ccc(-n2c3ccccc3c3cc(C)ccc32)c(-c2nc(-c3ccccc3)nc(-c3cc(C#N)ccc3-n3c4ccccc4c4cc(C)ccc43)n2)c1. The second-order valence-corrected chi connectivity index (χ2v) is 15.6. The molecule has 11 aromatic rings. The molecule has 7 nitrogen and oxygen atoms in total. The molecule has 0 radical (unpaired) electrons. The van der Waals surface area contributed by atoms with E-state index in [2.05, 4.69) is 137 Å². The molecule has 0 bridgehead atoms. The molecule has 0 N–H and O–H groups in total. The Kier molecular flexibility index (Phi) is 8.56. The summed E-state index contributed by atoms with van der Waals surface area (Å²) in [7, 11) is 0. The lowest BCUT2D eigenvalue weighted by Crippen LogP contribution is -2.06. The standard InChI is InChI=1S/C55H35N7/c1-34-21-25-49-42(29-34)40-16-8-11-19-47(40)61(49)51-27-23-36(33-56)31-44(51)54-58-53(37-13-5-4-6-14-37)59-55(60-54)45-32-38(39-15-7-10-18-46(39)57-3)24-28-52(45)62-48-20-12-9-17-41(48)43-30-35(2)22-26-50(43)62/h4-32H,1-2H3. The summed E-state index contributed by atoms with van der Waals surface area (Å²) in [5, 5.41) is 14.9. The summed E-state index contributed by atoms with van der Waals surface area (Å²) < 4.78 is 4.54. The Balaban J connectivity index is 1.25. The predicted octanol–water partition coefficient (Wildman–Crippen LogP) is 13.8. The quantitative estimate of drug-likeness (QED) is 0.157. The van der Waals surface area contributed by atoms with Gasteiger partial charge >= 0.3 is 0 Å². The van der Waals surface area contributed by atoms with Gasteiger partial charge in [0, 0.05) is 38.2 Å². The molecule has 0 saturated heterocycles. The molecule has 8 aromatic carbocycles. The van der Waals surface area contributed by atoms with Crippen molar-refractivity contribution in [1.29, 1.82) is 5.26 Å². The maximum atomic E-state index is 10.3. The fraction of sp³-hybridized carbons (Fsp3) is 0.0364. The van der Waals surface area contributed by atoms with Crippen LogP contribution in [0.15, 0.2) is 176 Å². The van der Waals surface area contributed by atoms with E-state index in [1.54, 1.807) is 0 Å². The molecule has 11 rings (SSSR count). The third-order valence-electron chi connectivity index (χ3n) is 11.7. The van der Waals surface area contributed by atoms with Gasteiger partial charge in [0.25, 0.3) is 0 Å². The molecule has 0 saturated carbocycles. The molecule has 3 aromatic heterocycles. The highest BCUT2D eigenvalue weighted by atomic mass is 15.1. The Morgan fingerprint density at radius 2 is 0.968 bits per heavy atom. The number of nitriles is 1. The van der Waals surface area contributed by atoms with Gasteiger partial charge in [-0.15, -0.1) is 0 Å². The van der Waals surface area contributed by atoms with E-state index < -0.39 is 0 Å². The van der Waals surface area contributed by atoms with E-state index in [-0.39, 0.29) is 0 Å². The van der Waals surface area contributed by atoms with E-state index in [0.29, 0.717) is 34.3 Å². The van der Waals surface area contributed by atoms with Gasteiger partial charge < -0.3 is 9.13 Å². The molecule has 0 aliphatic rings. The number of aromatic nitrogens is 5. The van der Waals surface area contributed by atoms with Gasteiger partial charge in [-0.3, -0.25) is 0 Å². The Morgan fingerprint density at radius 1 is 0.452 bits per heavy atom. The van der Waals surface area contributed by atoms with Crippen LogP contribution in [-0.4, -0.2) is 24.1 Å². The number of hydrogen-bond donors (Lipinski definition) is 0. The zero-order valence-corrected chi connectivity index (χ0v) is 33.9. The number of benzene rings is 8. The normalized spacial score (nSPS) is 11.4. The van der Waals surface area contributed by atoms with Crippen LogP contribution in [0.4, 0.5) is 5.69 Å². The second kappa shape index (κ2) is 14.6. The first-order chi connectivity index (χ1) is 30.5. The van der Waals surface area contributed by atoms with Gasteiger partial charge in [-0.1, -0.05) is 120 Å². The van der Waals surface area contributed by atoms with E-state index in [9.17, 15) is 5.26 Å². The number of fused-ring (bicyclic) bond motifs is 6. The van der Waals surface area contributed by atoms with Gasteiger partial charge in [0.1, 0.15) is 0 Å². The summed E-state index contributed by atoms with van der Waals surface area (Å²) in [4.78, 5) is 19.9. The lowest BCUT2D eigenvalue weighted by Gasteiger charge is -2.18. The van der Waals surface area contributed by atoms with Crippen molar-refractivity contribution in [3.05, 3.63) is 204 Å². The molecule has 0 amide bonds. The average molecular weight is 794 g/mol. The molecular weight excluding hydrogens is 759 g/mol. The van der Waals surface area contributed by atoms with E-state index in [4.69, 9.17) is 21.5 Å². The van der Waals surface area contributed by atoms with Crippen LogP contribution >= 0.6 is 0 Å². The molecule has 290 valence electrons. The Bertz CT molecular complexity index is 3690. The molecule has 0 aliphatic carbocycles.